The van der Waals surface area contributed by atoms with Crippen LogP contribution in [-0.2, 0) is 4.79 Å². The maximum absolute atomic E-state index is 13.6. The van der Waals surface area contributed by atoms with Crippen molar-refractivity contribution in [2.75, 3.05) is 26.7 Å². The molecule has 186 valence electrons. The number of nitrogens with zero attached hydrogens (tertiary/aromatic N) is 1. The Morgan fingerprint density at radius 1 is 0.857 bits per heavy atom. The number of quaternary nitrogens is 1. The SMILES string of the molecule is C[N+]1(CC2CCC3CCCCC3C2)CCC(NC(=O)C2c3ccccc3Oc3ccccc32)CC1. The zero-order chi connectivity index (χ0) is 23.8. The number of rotatable bonds is 4. The molecule has 2 saturated carbocycles. The number of carbonyl (C=O) groups excluding carboxylic acids is 1. The Kier molecular flexibility index (Phi) is 6.34. The third-order valence-electron chi connectivity index (χ3n) is 9.67. The van der Waals surface area contributed by atoms with Crippen LogP contribution in [0.5, 0.6) is 11.5 Å². The van der Waals surface area contributed by atoms with Gasteiger partial charge in [0.05, 0.1) is 32.6 Å². The summed E-state index contributed by atoms with van der Waals surface area (Å²) in [5, 5.41) is 3.44. The highest BCUT2D eigenvalue weighted by Gasteiger charge is 2.39. The lowest BCUT2D eigenvalue weighted by molar-refractivity contribution is -0.917. The lowest BCUT2D eigenvalue weighted by Crippen LogP contribution is -2.56. The fourth-order valence-electron chi connectivity index (χ4n) is 7.75. The fourth-order valence-corrected chi connectivity index (χ4v) is 7.75. The quantitative estimate of drug-likeness (QED) is 0.533. The van der Waals surface area contributed by atoms with Gasteiger partial charge in [-0.25, -0.2) is 0 Å². The zero-order valence-corrected chi connectivity index (χ0v) is 21.3. The Morgan fingerprint density at radius 3 is 2.17 bits per heavy atom. The van der Waals surface area contributed by atoms with Crippen LogP contribution in [0.4, 0.5) is 0 Å². The highest BCUT2D eigenvalue weighted by molar-refractivity contribution is 5.89. The molecule has 6 rings (SSSR count). The molecule has 2 aromatic rings. The van der Waals surface area contributed by atoms with Crippen molar-refractivity contribution in [3.05, 3.63) is 59.7 Å². The van der Waals surface area contributed by atoms with Crippen LogP contribution in [0.3, 0.4) is 0 Å². The van der Waals surface area contributed by atoms with E-state index in [1.54, 1.807) is 0 Å². The van der Waals surface area contributed by atoms with E-state index < -0.39 is 0 Å². The van der Waals surface area contributed by atoms with E-state index in [4.69, 9.17) is 4.74 Å². The molecule has 1 amide bonds. The number of benzene rings is 2. The van der Waals surface area contributed by atoms with Gasteiger partial charge in [0.1, 0.15) is 11.5 Å². The lowest BCUT2D eigenvalue weighted by atomic mass is 9.67. The number of likely N-dealkylation sites (tertiary alicyclic amines) is 1. The normalized spacial score (nSPS) is 32.5. The van der Waals surface area contributed by atoms with Gasteiger partial charge in [0.25, 0.3) is 0 Å². The van der Waals surface area contributed by atoms with Crippen LogP contribution in [0.25, 0.3) is 0 Å². The van der Waals surface area contributed by atoms with E-state index in [0.717, 1.165) is 53.2 Å². The Morgan fingerprint density at radius 2 is 1.49 bits per heavy atom. The van der Waals surface area contributed by atoms with Crippen molar-refractivity contribution >= 4 is 5.91 Å². The largest absolute Gasteiger partial charge is 0.457 e. The molecule has 2 heterocycles. The van der Waals surface area contributed by atoms with E-state index in [9.17, 15) is 4.79 Å². The summed E-state index contributed by atoms with van der Waals surface area (Å²) in [5.74, 6) is 4.36. The molecule has 4 aliphatic rings. The smallest absolute Gasteiger partial charge is 0.232 e. The van der Waals surface area contributed by atoms with Crippen LogP contribution in [-0.4, -0.2) is 43.1 Å². The van der Waals surface area contributed by atoms with E-state index in [1.165, 1.54) is 69.1 Å². The average Bonchev–Trinajstić information content (AvgIpc) is 2.88. The van der Waals surface area contributed by atoms with Gasteiger partial charge < -0.3 is 14.5 Å². The van der Waals surface area contributed by atoms with E-state index >= 15 is 0 Å². The third-order valence-corrected chi connectivity index (χ3v) is 9.67. The van der Waals surface area contributed by atoms with E-state index in [0.29, 0.717) is 0 Å². The molecule has 2 aliphatic carbocycles. The summed E-state index contributed by atoms with van der Waals surface area (Å²) in [6.45, 7) is 3.69. The topological polar surface area (TPSA) is 38.3 Å². The molecule has 4 heteroatoms. The van der Waals surface area contributed by atoms with Crippen molar-refractivity contribution in [3.8, 4) is 11.5 Å². The summed E-state index contributed by atoms with van der Waals surface area (Å²) in [4.78, 5) is 13.6. The maximum Gasteiger partial charge on any atom is 0.232 e. The Labute approximate surface area is 210 Å². The van der Waals surface area contributed by atoms with Crippen molar-refractivity contribution in [2.24, 2.45) is 17.8 Å². The second-order valence-electron chi connectivity index (χ2n) is 12.1. The second kappa shape index (κ2) is 9.61. The van der Waals surface area contributed by atoms with E-state index in [1.807, 2.05) is 48.5 Å². The predicted molar refractivity (Wildman–Crippen MR) is 140 cm³/mol. The molecule has 2 aromatic carbocycles. The Hall–Kier alpha value is -2.33. The minimum absolute atomic E-state index is 0.116. The van der Waals surface area contributed by atoms with Crippen LogP contribution < -0.4 is 10.1 Å². The predicted octanol–water partition coefficient (Wildman–Crippen LogP) is 6.26. The van der Waals surface area contributed by atoms with Crippen LogP contribution in [0.1, 0.15) is 74.8 Å². The standard InChI is InChI=1S/C31H40N2O2/c1-33(21-22-14-15-23-8-2-3-9-24(23)20-22)18-16-25(17-19-33)32-31(34)30-26-10-4-6-12-28(26)35-29-13-7-5-11-27(29)30/h4-7,10-13,22-25,30H,2-3,8-9,14-21H2,1H3/p+1. The molecule has 3 atom stereocenters. The molecule has 3 unspecified atom stereocenters. The first kappa shape index (κ1) is 23.1. The van der Waals surface area contributed by atoms with Gasteiger partial charge in [-0.1, -0.05) is 62.1 Å². The molecular formula is C31H41N2O2+. The van der Waals surface area contributed by atoms with E-state index in [2.05, 4.69) is 12.4 Å². The third kappa shape index (κ3) is 4.74. The summed E-state index contributed by atoms with van der Waals surface area (Å²) >= 11 is 0. The summed E-state index contributed by atoms with van der Waals surface area (Å²) in [5.41, 5.74) is 1.94. The van der Waals surface area contributed by atoms with Crippen molar-refractivity contribution in [2.45, 2.75) is 69.7 Å². The van der Waals surface area contributed by atoms with E-state index in [-0.39, 0.29) is 17.9 Å². The lowest BCUT2D eigenvalue weighted by Gasteiger charge is -2.46. The van der Waals surface area contributed by atoms with Gasteiger partial charge in [-0.3, -0.25) is 4.79 Å². The van der Waals surface area contributed by atoms with Crippen molar-refractivity contribution < 1.29 is 14.0 Å². The van der Waals surface area contributed by atoms with Gasteiger partial charge in [0, 0.05) is 35.9 Å². The molecule has 4 nitrogen and oxygen atoms in total. The van der Waals surface area contributed by atoms with Gasteiger partial charge in [-0.2, -0.15) is 0 Å². The maximum atomic E-state index is 13.6. The second-order valence-corrected chi connectivity index (χ2v) is 12.1. The van der Waals surface area contributed by atoms with Gasteiger partial charge in [-0.15, -0.1) is 0 Å². The molecule has 0 bridgehead atoms. The first-order valence-electron chi connectivity index (χ1n) is 14.1. The Bertz CT molecular complexity index is 1010. The van der Waals surface area contributed by atoms with Gasteiger partial charge in [0.2, 0.25) is 5.91 Å². The number of carbonyl (C=O) groups is 1. The molecule has 3 fully saturated rings. The number of amides is 1. The number of nitrogens with one attached hydrogen (secondary N) is 1. The van der Waals surface area contributed by atoms with Crippen molar-refractivity contribution in [3.63, 3.8) is 0 Å². The zero-order valence-electron chi connectivity index (χ0n) is 21.3. The molecule has 1 N–H and O–H groups in total. The van der Waals surface area contributed by atoms with Gasteiger partial charge >= 0.3 is 0 Å². The van der Waals surface area contributed by atoms with Gasteiger partial charge in [-0.05, 0) is 43.2 Å². The molecule has 1 saturated heterocycles. The number of ether oxygens (including phenoxy) is 1. The molecule has 0 aromatic heterocycles. The minimum atomic E-state index is -0.301. The molecule has 2 aliphatic heterocycles. The minimum Gasteiger partial charge on any atom is -0.457 e. The van der Waals surface area contributed by atoms with Gasteiger partial charge in [0.15, 0.2) is 0 Å². The fraction of sp³-hybridized carbons (Fsp3) is 0.581. The average molecular weight is 474 g/mol. The van der Waals surface area contributed by atoms with Crippen LogP contribution >= 0.6 is 0 Å². The number of piperidine rings is 1. The summed E-state index contributed by atoms with van der Waals surface area (Å²) in [6, 6.07) is 16.2. The van der Waals surface area contributed by atoms with Crippen LogP contribution in [0.15, 0.2) is 48.5 Å². The van der Waals surface area contributed by atoms with Crippen LogP contribution in [0.2, 0.25) is 0 Å². The first-order valence-corrected chi connectivity index (χ1v) is 14.1. The van der Waals surface area contributed by atoms with Crippen molar-refractivity contribution in [1.82, 2.24) is 5.32 Å². The molecule has 0 radical (unpaired) electrons. The number of hydrogen-bond acceptors (Lipinski definition) is 2. The molecule has 0 spiro atoms. The molecular weight excluding hydrogens is 432 g/mol. The monoisotopic (exact) mass is 473 g/mol. The first-order chi connectivity index (χ1) is 17.1. The summed E-state index contributed by atoms with van der Waals surface area (Å²) < 4.78 is 7.29. The molecule has 35 heavy (non-hydrogen) atoms. The highest BCUT2D eigenvalue weighted by atomic mass is 16.5. The number of para-hydroxylation sites is 2. The summed E-state index contributed by atoms with van der Waals surface area (Å²) in [6.07, 6.45) is 12.5. The summed E-state index contributed by atoms with van der Waals surface area (Å²) in [7, 11) is 2.47. The van der Waals surface area contributed by atoms with Crippen LogP contribution in [0, 0.1) is 17.8 Å². The number of fused-ring (bicyclic) bond motifs is 3. The van der Waals surface area contributed by atoms with Crippen molar-refractivity contribution in [1.29, 1.82) is 0 Å². The number of hydrogen-bond donors (Lipinski definition) is 1. The Balaban J connectivity index is 1.08. The highest BCUT2D eigenvalue weighted by Crippen LogP contribution is 2.45.